The lowest BCUT2D eigenvalue weighted by Crippen LogP contribution is -2.39. The van der Waals surface area contributed by atoms with Crippen molar-refractivity contribution in [1.29, 1.82) is 0 Å². The Hall–Kier alpha value is -2.31. The van der Waals surface area contributed by atoms with Crippen LogP contribution in [0.15, 0.2) is 25.2 Å². The van der Waals surface area contributed by atoms with Crippen LogP contribution in [-0.4, -0.2) is 51.7 Å². The highest BCUT2D eigenvalue weighted by molar-refractivity contribution is 5.84. The number of carbonyl (C=O) groups excluding carboxylic acids is 1. The van der Waals surface area contributed by atoms with E-state index in [1.807, 2.05) is 6.08 Å². The largest absolute Gasteiger partial charge is 0.476 e. The van der Waals surface area contributed by atoms with E-state index in [1.54, 1.807) is 16.5 Å². The summed E-state index contributed by atoms with van der Waals surface area (Å²) < 4.78 is 1.63. The number of aromatic nitrogens is 2. The molecule has 0 saturated carbocycles. The van der Waals surface area contributed by atoms with E-state index < -0.39 is 5.97 Å². The fourth-order valence-electron chi connectivity index (χ4n) is 1.59. The van der Waals surface area contributed by atoms with Crippen LogP contribution in [0.4, 0.5) is 4.79 Å². The van der Waals surface area contributed by atoms with Crippen molar-refractivity contribution in [3.8, 4) is 0 Å². The number of allylic oxidation sites excluding steroid dienone is 1. The lowest BCUT2D eigenvalue weighted by Gasteiger charge is -2.17. The Morgan fingerprint density at radius 3 is 2.95 bits per heavy atom. The van der Waals surface area contributed by atoms with Gasteiger partial charge in [-0.05, 0) is 12.8 Å². The zero-order valence-electron chi connectivity index (χ0n) is 11.6. The van der Waals surface area contributed by atoms with Gasteiger partial charge in [0.2, 0.25) is 0 Å². The molecule has 0 radical (unpaired) electrons. The van der Waals surface area contributed by atoms with Gasteiger partial charge in [0.05, 0.1) is 6.33 Å². The van der Waals surface area contributed by atoms with E-state index >= 15 is 0 Å². The number of hydrogen-bond donors (Lipinski definition) is 2. The highest BCUT2D eigenvalue weighted by Gasteiger charge is 2.08. The van der Waals surface area contributed by atoms with E-state index in [0.29, 0.717) is 19.6 Å². The molecule has 1 aromatic heterocycles. The summed E-state index contributed by atoms with van der Waals surface area (Å²) in [4.78, 5) is 27.7. The molecule has 0 saturated heterocycles. The first-order valence-electron chi connectivity index (χ1n) is 6.39. The average molecular weight is 280 g/mol. The molecule has 0 aliphatic rings. The van der Waals surface area contributed by atoms with Gasteiger partial charge in [0, 0.05) is 32.9 Å². The van der Waals surface area contributed by atoms with E-state index in [4.69, 9.17) is 5.11 Å². The summed E-state index contributed by atoms with van der Waals surface area (Å²) in [6.45, 7) is 5.20. The Morgan fingerprint density at radius 2 is 2.35 bits per heavy atom. The molecule has 2 amide bonds. The standard InChI is InChI=1S/C13H20N4O3/c1-3-4-5-7-16(2)13(20)14-6-8-17-9-11(12(18)19)15-10-17/h3,9-10H,1,4-8H2,2H3,(H,14,20)(H,18,19). The van der Waals surface area contributed by atoms with E-state index in [1.165, 1.54) is 12.5 Å². The molecule has 20 heavy (non-hydrogen) atoms. The number of carbonyl (C=O) groups is 2. The van der Waals surface area contributed by atoms with Crippen LogP contribution in [0.5, 0.6) is 0 Å². The smallest absolute Gasteiger partial charge is 0.356 e. The van der Waals surface area contributed by atoms with Crippen molar-refractivity contribution >= 4 is 12.0 Å². The van der Waals surface area contributed by atoms with Crippen molar-refractivity contribution in [3.05, 3.63) is 30.9 Å². The SMILES string of the molecule is C=CCCCN(C)C(=O)NCCn1cnc(C(=O)O)c1. The maximum Gasteiger partial charge on any atom is 0.356 e. The predicted octanol–water partition coefficient (Wildman–Crippen LogP) is 1.19. The summed E-state index contributed by atoms with van der Waals surface area (Å²) >= 11 is 0. The molecule has 0 spiro atoms. The quantitative estimate of drug-likeness (QED) is 0.553. The zero-order chi connectivity index (χ0) is 15.0. The Labute approximate surface area is 117 Å². The second-order valence-electron chi connectivity index (χ2n) is 4.39. The number of carboxylic acids is 1. The van der Waals surface area contributed by atoms with E-state index in [-0.39, 0.29) is 11.7 Å². The normalized spacial score (nSPS) is 10.1. The van der Waals surface area contributed by atoms with E-state index in [9.17, 15) is 9.59 Å². The third-order valence-corrected chi connectivity index (χ3v) is 2.75. The second-order valence-corrected chi connectivity index (χ2v) is 4.39. The summed E-state index contributed by atoms with van der Waals surface area (Å²) in [7, 11) is 1.73. The third-order valence-electron chi connectivity index (χ3n) is 2.75. The molecule has 2 N–H and O–H groups in total. The van der Waals surface area contributed by atoms with Gasteiger partial charge >= 0.3 is 12.0 Å². The summed E-state index contributed by atoms with van der Waals surface area (Å²) in [5, 5.41) is 11.5. The van der Waals surface area contributed by atoms with Gasteiger partial charge in [-0.1, -0.05) is 6.08 Å². The van der Waals surface area contributed by atoms with Crippen LogP contribution < -0.4 is 5.32 Å². The predicted molar refractivity (Wildman–Crippen MR) is 74.6 cm³/mol. The topological polar surface area (TPSA) is 87.5 Å². The molecular formula is C13H20N4O3. The number of hydrogen-bond acceptors (Lipinski definition) is 3. The minimum absolute atomic E-state index is 0.00197. The molecule has 0 aromatic carbocycles. The van der Waals surface area contributed by atoms with Crippen molar-refractivity contribution in [3.63, 3.8) is 0 Å². The summed E-state index contributed by atoms with van der Waals surface area (Å²) in [6.07, 6.45) is 6.46. The molecule has 7 nitrogen and oxygen atoms in total. The molecule has 7 heteroatoms. The molecule has 0 unspecified atom stereocenters. The number of nitrogens with zero attached hydrogens (tertiary/aromatic N) is 3. The van der Waals surface area contributed by atoms with E-state index in [0.717, 1.165) is 12.8 Å². The molecule has 0 aliphatic heterocycles. The molecule has 0 fully saturated rings. The summed E-state index contributed by atoms with van der Waals surface area (Å²) in [5.41, 5.74) is -0.00197. The van der Waals surface area contributed by atoms with Crippen LogP contribution >= 0.6 is 0 Å². The Morgan fingerprint density at radius 1 is 1.60 bits per heavy atom. The zero-order valence-corrected chi connectivity index (χ0v) is 11.6. The van der Waals surface area contributed by atoms with Gasteiger partial charge in [-0.25, -0.2) is 14.6 Å². The maximum absolute atomic E-state index is 11.7. The Kier molecular flexibility index (Phi) is 6.28. The molecule has 1 aromatic rings. The molecule has 1 rings (SSSR count). The fraction of sp³-hybridized carbons (Fsp3) is 0.462. The van der Waals surface area contributed by atoms with Crippen LogP contribution in [-0.2, 0) is 6.54 Å². The van der Waals surface area contributed by atoms with Gasteiger partial charge in [0.25, 0.3) is 0 Å². The second kappa shape index (κ2) is 7.98. The van der Waals surface area contributed by atoms with Crippen molar-refractivity contribution in [2.24, 2.45) is 0 Å². The highest BCUT2D eigenvalue weighted by atomic mass is 16.4. The minimum Gasteiger partial charge on any atom is -0.476 e. The molecule has 110 valence electrons. The van der Waals surface area contributed by atoms with Crippen LogP contribution in [0.2, 0.25) is 0 Å². The van der Waals surface area contributed by atoms with Crippen LogP contribution in [0, 0.1) is 0 Å². The lowest BCUT2D eigenvalue weighted by atomic mass is 10.3. The first kappa shape index (κ1) is 15.7. The average Bonchev–Trinajstić information content (AvgIpc) is 2.87. The van der Waals surface area contributed by atoms with Crippen molar-refractivity contribution in [2.45, 2.75) is 19.4 Å². The Balaban J connectivity index is 2.26. The third kappa shape index (κ3) is 5.13. The number of carboxylic acid groups (broad SMARTS) is 1. The number of rotatable bonds is 8. The minimum atomic E-state index is -1.06. The van der Waals surface area contributed by atoms with E-state index in [2.05, 4.69) is 16.9 Å². The van der Waals surface area contributed by atoms with Gasteiger partial charge in [-0.15, -0.1) is 6.58 Å². The number of nitrogens with one attached hydrogen (secondary N) is 1. The first-order chi connectivity index (χ1) is 9.54. The fourth-order valence-corrected chi connectivity index (χ4v) is 1.59. The molecule has 0 bridgehead atoms. The first-order valence-corrected chi connectivity index (χ1v) is 6.39. The van der Waals surface area contributed by atoms with Gasteiger partial charge in [0.1, 0.15) is 0 Å². The monoisotopic (exact) mass is 280 g/mol. The molecule has 0 aliphatic carbocycles. The van der Waals surface area contributed by atoms with Crippen molar-refractivity contribution in [1.82, 2.24) is 19.8 Å². The number of urea groups is 1. The number of amides is 2. The van der Waals surface area contributed by atoms with Gasteiger partial charge in [0.15, 0.2) is 5.69 Å². The maximum atomic E-state index is 11.7. The van der Waals surface area contributed by atoms with Crippen LogP contribution in [0.3, 0.4) is 0 Å². The van der Waals surface area contributed by atoms with Crippen molar-refractivity contribution in [2.75, 3.05) is 20.1 Å². The molecule has 0 atom stereocenters. The number of aromatic carboxylic acids is 1. The summed E-state index contributed by atoms with van der Waals surface area (Å²) in [6, 6.07) is -0.146. The van der Waals surface area contributed by atoms with Crippen LogP contribution in [0.1, 0.15) is 23.3 Å². The highest BCUT2D eigenvalue weighted by Crippen LogP contribution is 1.96. The lowest BCUT2D eigenvalue weighted by molar-refractivity contribution is 0.0691. The number of imidazole rings is 1. The van der Waals surface area contributed by atoms with Crippen LogP contribution in [0.25, 0.3) is 0 Å². The number of unbranched alkanes of at least 4 members (excludes halogenated alkanes) is 1. The van der Waals surface area contributed by atoms with Gasteiger partial charge in [-0.3, -0.25) is 0 Å². The van der Waals surface area contributed by atoms with Gasteiger partial charge < -0.3 is 19.9 Å². The summed E-state index contributed by atoms with van der Waals surface area (Å²) in [5.74, 6) is -1.06. The molecule has 1 heterocycles. The van der Waals surface area contributed by atoms with Gasteiger partial charge in [-0.2, -0.15) is 0 Å². The Bertz CT molecular complexity index is 470. The van der Waals surface area contributed by atoms with Crippen molar-refractivity contribution < 1.29 is 14.7 Å². The molecular weight excluding hydrogens is 260 g/mol.